The Morgan fingerprint density at radius 3 is 2.74 bits per heavy atom. The summed E-state index contributed by atoms with van der Waals surface area (Å²) < 4.78 is 10.6. The predicted octanol–water partition coefficient (Wildman–Crippen LogP) is 2.75. The highest BCUT2D eigenvalue weighted by atomic mass is 16.6. The number of aliphatic hydroxyl groups is 1. The molecule has 6 heteroatoms. The second-order valence-corrected chi connectivity index (χ2v) is 3.79. The van der Waals surface area contributed by atoms with Crippen LogP contribution in [0.15, 0.2) is 34.7 Å². The lowest BCUT2D eigenvalue weighted by Gasteiger charge is -2.05. The highest BCUT2D eigenvalue weighted by Gasteiger charge is 2.19. The molecule has 0 saturated carbocycles. The summed E-state index contributed by atoms with van der Waals surface area (Å²) in [7, 11) is 0. The maximum atomic E-state index is 11.1. The maximum absolute atomic E-state index is 11.1. The fourth-order valence-corrected chi connectivity index (χ4v) is 1.73. The average Bonchev–Trinajstić information content (AvgIpc) is 2.87. The van der Waals surface area contributed by atoms with Crippen molar-refractivity contribution in [1.82, 2.24) is 0 Å². The van der Waals surface area contributed by atoms with Crippen LogP contribution in [0.2, 0.25) is 0 Å². The molecular weight excluding hydrogens is 250 g/mol. The van der Waals surface area contributed by atoms with E-state index in [-0.39, 0.29) is 12.3 Å². The largest absolute Gasteiger partial charge is 0.494 e. The first-order chi connectivity index (χ1) is 9.15. The molecule has 1 N–H and O–H groups in total. The molecule has 0 radical (unpaired) electrons. The number of nitrogens with zero attached hydrogens (tertiary/aromatic N) is 1. The van der Waals surface area contributed by atoms with Crippen molar-refractivity contribution < 1.29 is 19.2 Å². The summed E-state index contributed by atoms with van der Waals surface area (Å²) in [4.78, 5) is 10.6. The summed E-state index contributed by atoms with van der Waals surface area (Å²) in [5, 5.41) is 20.0. The van der Waals surface area contributed by atoms with Gasteiger partial charge in [-0.3, -0.25) is 10.1 Å². The number of nitro benzene ring substituents is 1. The number of ether oxygens (including phenoxy) is 1. The summed E-state index contributed by atoms with van der Waals surface area (Å²) in [5.74, 6) is 1.14. The lowest BCUT2D eigenvalue weighted by atomic mass is 10.1. The van der Waals surface area contributed by atoms with Crippen LogP contribution in [0.25, 0.3) is 11.3 Å². The van der Waals surface area contributed by atoms with E-state index in [1.807, 2.05) is 0 Å². The van der Waals surface area contributed by atoms with Gasteiger partial charge in [0.1, 0.15) is 23.9 Å². The van der Waals surface area contributed by atoms with Gasteiger partial charge in [0, 0.05) is 0 Å². The standard InChI is InChI=1S/C13H13NO5/c1-2-18-9-3-5-11(12(7-9)14(16)17)13-6-4-10(8-15)19-13/h3-7,15H,2,8H2,1H3. The van der Waals surface area contributed by atoms with Gasteiger partial charge in [-0.05, 0) is 31.2 Å². The summed E-state index contributed by atoms with van der Waals surface area (Å²) >= 11 is 0. The van der Waals surface area contributed by atoms with Crippen molar-refractivity contribution in [3.05, 3.63) is 46.2 Å². The number of hydrogen-bond donors (Lipinski definition) is 1. The smallest absolute Gasteiger partial charge is 0.284 e. The van der Waals surface area contributed by atoms with Crippen molar-refractivity contribution in [2.75, 3.05) is 6.61 Å². The second-order valence-electron chi connectivity index (χ2n) is 3.79. The minimum absolute atomic E-state index is 0.0928. The Morgan fingerprint density at radius 1 is 1.37 bits per heavy atom. The van der Waals surface area contributed by atoms with E-state index in [2.05, 4.69) is 0 Å². The van der Waals surface area contributed by atoms with Crippen LogP contribution < -0.4 is 4.74 Å². The number of rotatable bonds is 5. The Bertz CT molecular complexity index is 590. The van der Waals surface area contributed by atoms with Crippen LogP contribution in [0.1, 0.15) is 12.7 Å². The molecule has 0 amide bonds. The normalized spacial score (nSPS) is 10.4. The van der Waals surface area contributed by atoms with Crippen LogP contribution in [-0.2, 0) is 6.61 Å². The van der Waals surface area contributed by atoms with Crippen molar-refractivity contribution in [2.24, 2.45) is 0 Å². The van der Waals surface area contributed by atoms with Crippen molar-refractivity contribution in [2.45, 2.75) is 13.5 Å². The molecule has 0 spiro atoms. The second kappa shape index (κ2) is 5.53. The van der Waals surface area contributed by atoms with Gasteiger partial charge in [0.25, 0.3) is 5.69 Å². The molecular formula is C13H13NO5. The Labute approximate surface area is 109 Å². The third kappa shape index (κ3) is 2.74. The summed E-state index contributed by atoms with van der Waals surface area (Å²) in [6.07, 6.45) is 0. The molecule has 0 fully saturated rings. The van der Waals surface area contributed by atoms with Gasteiger partial charge in [-0.2, -0.15) is 0 Å². The zero-order chi connectivity index (χ0) is 13.8. The fraction of sp³-hybridized carbons (Fsp3) is 0.231. The molecule has 19 heavy (non-hydrogen) atoms. The van der Waals surface area contributed by atoms with Gasteiger partial charge < -0.3 is 14.3 Å². The van der Waals surface area contributed by atoms with Gasteiger partial charge in [-0.25, -0.2) is 0 Å². The Balaban J connectivity index is 2.46. The van der Waals surface area contributed by atoms with Gasteiger partial charge in [0.2, 0.25) is 0 Å². The van der Waals surface area contributed by atoms with Crippen molar-refractivity contribution in [1.29, 1.82) is 0 Å². The zero-order valence-electron chi connectivity index (χ0n) is 10.3. The molecule has 2 rings (SSSR count). The molecule has 2 aromatic rings. The summed E-state index contributed by atoms with van der Waals surface area (Å²) in [6, 6.07) is 7.75. The Hall–Kier alpha value is -2.34. The lowest BCUT2D eigenvalue weighted by Crippen LogP contribution is -1.95. The van der Waals surface area contributed by atoms with Crippen LogP contribution in [0.3, 0.4) is 0 Å². The van der Waals surface area contributed by atoms with Crippen molar-refractivity contribution >= 4 is 5.69 Å². The fourth-order valence-electron chi connectivity index (χ4n) is 1.73. The molecule has 0 aliphatic heterocycles. The van der Waals surface area contributed by atoms with Crippen LogP contribution in [0, 0.1) is 10.1 Å². The highest BCUT2D eigenvalue weighted by Crippen LogP contribution is 2.34. The molecule has 0 aliphatic rings. The lowest BCUT2D eigenvalue weighted by molar-refractivity contribution is -0.384. The van der Waals surface area contributed by atoms with Crippen molar-refractivity contribution in [3.8, 4) is 17.1 Å². The molecule has 0 bridgehead atoms. The minimum atomic E-state index is -0.487. The van der Waals surface area contributed by atoms with E-state index in [9.17, 15) is 10.1 Å². The Morgan fingerprint density at radius 2 is 2.16 bits per heavy atom. The third-order valence-corrected chi connectivity index (χ3v) is 2.56. The third-order valence-electron chi connectivity index (χ3n) is 2.56. The number of furan rings is 1. The van der Waals surface area contributed by atoms with E-state index in [0.717, 1.165) is 0 Å². The van der Waals surface area contributed by atoms with E-state index < -0.39 is 4.92 Å². The topological polar surface area (TPSA) is 85.7 Å². The molecule has 0 unspecified atom stereocenters. The van der Waals surface area contributed by atoms with E-state index in [1.165, 1.54) is 6.07 Å². The van der Waals surface area contributed by atoms with Crippen LogP contribution in [0.4, 0.5) is 5.69 Å². The Kier molecular flexibility index (Phi) is 3.82. The first-order valence-electron chi connectivity index (χ1n) is 5.77. The summed E-state index contributed by atoms with van der Waals surface area (Å²) in [5.41, 5.74) is 0.262. The monoisotopic (exact) mass is 263 g/mol. The van der Waals surface area contributed by atoms with E-state index in [0.29, 0.717) is 29.4 Å². The molecule has 0 saturated heterocycles. The number of hydrogen-bond acceptors (Lipinski definition) is 5. The SMILES string of the molecule is CCOc1ccc(-c2ccc(CO)o2)c([N+](=O)[O-])c1. The van der Waals surface area contributed by atoms with Gasteiger partial charge in [-0.1, -0.05) is 0 Å². The van der Waals surface area contributed by atoms with E-state index in [4.69, 9.17) is 14.3 Å². The molecule has 0 aliphatic carbocycles. The summed E-state index contributed by atoms with van der Waals surface area (Å²) in [6.45, 7) is 2.00. The number of benzene rings is 1. The molecule has 1 aromatic carbocycles. The quantitative estimate of drug-likeness (QED) is 0.662. The zero-order valence-corrected chi connectivity index (χ0v) is 10.3. The van der Waals surface area contributed by atoms with Gasteiger partial charge >= 0.3 is 0 Å². The van der Waals surface area contributed by atoms with Crippen molar-refractivity contribution in [3.63, 3.8) is 0 Å². The van der Waals surface area contributed by atoms with Gasteiger partial charge in [0.15, 0.2) is 0 Å². The minimum Gasteiger partial charge on any atom is -0.494 e. The van der Waals surface area contributed by atoms with Crippen LogP contribution in [0.5, 0.6) is 5.75 Å². The predicted molar refractivity (Wildman–Crippen MR) is 67.9 cm³/mol. The molecule has 1 aromatic heterocycles. The van der Waals surface area contributed by atoms with E-state index in [1.54, 1.807) is 31.2 Å². The molecule has 6 nitrogen and oxygen atoms in total. The first-order valence-corrected chi connectivity index (χ1v) is 5.77. The van der Waals surface area contributed by atoms with Crippen LogP contribution in [-0.4, -0.2) is 16.6 Å². The van der Waals surface area contributed by atoms with Gasteiger partial charge in [0.05, 0.1) is 23.2 Å². The highest BCUT2D eigenvalue weighted by molar-refractivity contribution is 5.71. The first kappa shape index (κ1) is 13.1. The molecule has 1 heterocycles. The van der Waals surface area contributed by atoms with Crippen LogP contribution >= 0.6 is 0 Å². The molecule has 100 valence electrons. The average molecular weight is 263 g/mol. The molecule has 0 atom stereocenters. The van der Waals surface area contributed by atoms with E-state index >= 15 is 0 Å². The van der Waals surface area contributed by atoms with Gasteiger partial charge in [-0.15, -0.1) is 0 Å². The number of aliphatic hydroxyl groups excluding tert-OH is 1. The maximum Gasteiger partial charge on any atom is 0.284 e. The number of nitro groups is 1.